The van der Waals surface area contributed by atoms with Gasteiger partial charge in [-0.2, -0.15) is 0 Å². The van der Waals surface area contributed by atoms with Crippen LogP contribution in [0.4, 0.5) is 11.4 Å². The first-order valence-corrected chi connectivity index (χ1v) is 8.41. The van der Waals surface area contributed by atoms with Gasteiger partial charge in [-0.15, -0.1) is 0 Å². The largest absolute Gasteiger partial charge is 0.495 e. The number of anilines is 2. The number of nitrogens with one attached hydrogen (secondary N) is 3. The number of amides is 2. The Kier molecular flexibility index (Phi) is 6.60. The molecule has 0 saturated heterocycles. The Balaban J connectivity index is 1.80. The third kappa shape index (κ3) is 5.51. The topological polar surface area (TPSA) is 79.5 Å². The molecular formula is C20H25N3O3. The van der Waals surface area contributed by atoms with E-state index in [1.54, 1.807) is 13.2 Å². The monoisotopic (exact) mass is 355 g/mol. The van der Waals surface area contributed by atoms with Crippen LogP contribution in [0.25, 0.3) is 0 Å². The van der Waals surface area contributed by atoms with Crippen molar-refractivity contribution < 1.29 is 14.3 Å². The van der Waals surface area contributed by atoms with Gasteiger partial charge in [0.15, 0.2) is 0 Å². The number of rotatable bonds is 7. The highest BCUT2D eigenvalue weighted by molar-refractivity contribution is 5.96. The first-order valence-electron chi connectivity index (χ1n) is 8.41. The number of aryl methyl sites for hydroxylation is 3. The second-order valence-electron chi connectivity index (χ2n) is 6.18. The summed E-state index contributed by atoms with van der Waals surface area (Å²) >= 11 is 0. The predicted molar refractivity (Wildman–Crippen MR) is 104 cm³/mol. The predicted octanol–water partition coefficient (Wildman–Crippen LogP) is 2.79. The van der Waals surface area contributed by atoms with Gasteiger partial charge in [-0.3, -0.25) is 9.59 Å². The molecule has 0 unspecified atom stereocenters. The summed E-state index contributed by atoms with van der Waals surface area (Å²) in [5.41, 5.74) is 4.81. The molecule has 6 nitrogen and oxygen atoms in total. The first-order chi connectivity index (χ1) is 12.4. The molecule has 0 bridgehead atoms. The average molecular weight is 355 g/mol. The summed E-state index contributed by atoms with van der Waals surface area (Å²) in [5, 5.41) is 8.39. The molecule has 0 radical (unpaired) electrons. The summed E-state index contributed by atoms with van der Waals surface area (Å²) in [6.45, 7) is 5.97. The fourth-order valence-corrected chi connectivity index (χ4v) is 2.39. The van der Waals surface area contributed by atoms with Crippen molar-refractivity contribution in [1.29, 1.82) is 0 Å². The summed E-state index contributed by atoms with van der Waals surface area (Å²) in [7, 11) is 1.54. The van der Waals surface area contributed by atoms with Crippen LogP contribution < -0.4 is 20.7 Å². The molecule has 138 valence electrons. The number of carbonyl (C=O) groups excluding carboxylic acids is 2. The van der Waals surface area contributed by atoms with Gasteiger partial charge in [-0.05, 0) is 61.7 Å². The molecule has 2 rings (SSSR count). The van der Waals surface area contributed by atoms with Gasteiger partial charge >= 0.3 is 0 Å². The second-order valence-corrected chi connectivity index (χ2v) is 6.18. The van der Waals surface area contributed by atoms with Crippen LogP contribution in [-0.4, -0.2) is 32.0 Å². The summed E-state index contributed by atoms with van der Waals surface area (Å²) in [5.74, 6) is 0.00898. The van der Waals surface area contributed by atoms with E-state index < -0.39 is 0 Å². The molecule has 0 fully saturated rings. The van der Waals surface area contributed by atoms with Crippen molar-refractivity contribution in [3.05, 3.63) is 53.1 Å². The molecule has 0 atom stereocenters. The van der Waals surface area contributed by atoms with Crippen molar-refractivity contribution in [2.24, 2.45) is 0 Å². The van der Waals surface area contributed by atoms with E-state index in [1.165, 1.54) is 5.56 Å². The standard InChI is InChI=1S/C20H25N3O3/c1-13-5-8-18(26-4)17(9-13)23-20(25)12-22-19(24)11-21-16-7-6-14(2)15(3)10-16/h5-10,21H,11-12H2,1-4H3,(H,22,24)(H,23,25). The zero-order valence-electron chi connectivity index (χ0n) is 15.6. The third-order valence-corrected chi connectivity index (χ3v) is 4.04. The smallest absolute Gasteiger partial charge is 0.243 e. The number of methoxy groups -OCH3 is 1. The maximum absolute atomic E-state index is 12.1. The first kappa shape index (κ1) is 19.3. The lowest BCUT2D eigenvalue weighted by atomic mass is 10.1. The van der Waals surface area contributed by atoms with Gasteiger partial charge in [-0.1, -0.05) is 12.1 Å². The molecule has 0 aliphatic heterocycles. The molecule has 2 aromatic carbocycles. The van der Waals surface area contributed by atoms with Crippen molar-refractivity contribution in [1.82, 2.24) is 5.32 Å². The van der Waals surface area contributed by atoms with Crippen LogP contribution in [-0.2, 0) is 9.59 Å². The number of carbonyl (C=O) groups is 2. The Morgan fingerprint density at radius 1 is 0.923 bits per heavy atom. The van der Waals surface area contributed by atoms with E-state index in [9.17, 15) is 9.59 Å². The maximum Gasteiger partial charge on any atom is 0.243 e. The minimum Gasteiger partial charge on any atom is -0.495 e. The Hall–Kier alpha value is -3.02. The van der Waals surface area contributed by atoms with Crippen LogP contribution in [0, 0.1) is 20.8 Å². The summed E-state index contributed by atoms with van der Waals surface area (Å²) in [6, 6.07) is 11.4. The van der Waals surface area contributed by atoms with Gasteiger partial charge in [0.25, 0.3) is 0 Å². The highest BCUT2D eigenvalue weighted by Crippen LogP contribution is 2.24. The highest BCUT2D eigenvalue weighted by atomic mass is 16.5. The maximum atomic E-state index is 12.1. The molecule has 0 aromatic heterocycles. The number of benzene rings is 2. The average Bonchev–Trinajstić information content (AvgIpc) is 2.61. The van der Waals surface area contributed by atoms with E-state index in [4.69, 9.17) is 4.74 Å². The Bertz CT molecular complexity index is 803. The van der Waals surface area contributed by atoms with Crippen LogP contribution in [0.5, 0.6) is 5.75 Å². The second kappa shape index (κ2) is 8.89. The Morgan fingerprint density at radius 3 is 2.38 bits per heavy atom. The molecule has 2 aromatic rings. The lowest BCUT2D eigenvalue weighted by Crippen LogP contribution is -2.36. The number of ether oxygens (including phenoxy) is 1. The quantitative estimate of drug-likeness (QED) is 0.713. The van der Waals surface area contributed by atoms with E-state index in [0.717, 1.165) is 16.8 Å². The molecule has 26 heavy (non-hydrogen) atoms. The van der Waals surface area contributed by atoms with Gasteiger partial charge in [-0.25, -0.2) is 0 Å². The normalized spacial score (nSPS) is 10.2. The van der Waals surface area contributed by atoms with Crippen LogP contribution in [0.15, 0.2) is 36.4 Å². The van der Waals surface area contributed by atoms with Crippen LogP contribution >= 0.6 is 0 Å². The van der Waals surface area contributed by atoms with E-state index in [1.807, 2.05) is 51.1 Å². The van der Waals surface area contributed by atoms with Gasteiger partial charge in [0, 0.05) is 5.69 Å². The minimum absolute atomic E-state index is 0.101. The van der Waals surface area contributed by atoms with Crippen molar-refractivity contribution >= 4 is 23.2 Å². The van der Waals surface area contributed by atoms with Gasteiger partial charge < -0.3 is 20.7 Å². The van der Waals surface area contributed by atoms with E-state index in [-0.39, 0.29) is 24.9 Å². The van der Waals surface area contributed by atoms with Crippen molar-refractivity contribution in [2.45, 2.75) is 20.8 Å². The Morgan fingerprint density at radius 2 is 1.69 bits per heavy atom. The van der Waals surface area contributed by atoms with Gasteiger partial charge in [0.2, 0.25) is 11.8 Å². The van der Waals surface area contributed by atoms with Crippen molar-refractivity contribution in [3.8, 4) is 5.75 Å². The molecule has 3 N–H and O–H groups in total. The summed E-state index contributed by atoms with van der Waals surface area (Å²) in [4.78, 5) is 24.0. The molecule has 0 heterocycles. The number of hydrogen-bond donors (Lipinski definition) is 3. The summed E-state index contributed by atoms with van der Waals surface area (Å²) < 4.78 is 5.22. The van der Waals surface area contributed by atoms with E-state index in [2.05, 4.69) is 16.0 Å². The third-order valence-electron chi connectivity index (χ3n) is 4.04. The van der Waals surface area contributed by atoms with Gasteiger partial charge in [0.1, 0.15) is 5.75 Å². The summed E-state index contributed by atoms with van der Waals surface area (Å²) in [6.07, 6.45) is 0. The van der Waals surface area contributed by atoms with Crippen LogP contribution in [0.1, 0.15) is 16.7 Å². The lowest BCUT2D eigenvalue weighted by Gasteiger charge is -2.12. The van der Waals surface area contributed by atoms with Crippen molar-refractivity contribution in [2.75, 3.05) is 30.8 Å². The molecular weight excluding hydrogens is 330 g/mol. The zero-order valence-corrected chi connectivity index (χ0v) is 15.6. The Labute approximate surface area is 153 Å². The molecule has 0 aliphatic rings. The zero-order chi connectivity index (χ0) is 19.1. The highest BCUT2D eigenvalue weighted by Gasteiger charge is 2.09. The minimum atomic E-state index is -0.312. The van der Waals surface area contributed by atoms with Crippen LogP contribution in [0.3, 0.4) is 0 Å². The number of hydrogen-bond acceptors (Lipinski definition) is 4. The molecule has 0 saturated carbocycles. The lowest BCUT2D eigenvalue weighted by molar-refractivity contribution is -0.122. The SMILES string of the molecule is COc1ccc(C)cc1NC(=O)CNC(=O)CNc1ccc(C)c(C)c1. The molecule has 0 spiro atoms. The molecule has 0 aliphatic carbocycles. The van der Waals surface area contributed by atoms with Crippen LogP contribution in [0.2, 0.25) is 0 Å². The van der Waals surface area contributed by atoms with Crippen molar-refractivity contribution in [3.63, 3.8) is 0 Å². The molecule has 6 heteroatoms. The van der Waals surface area contributed by atoms with E-state index >= 15 is 0 Å². The van der Waals surface area contributed by atoms with E-state index in [0.29, 0.717) is 11.4 Å². The van der Waals surface area contributed by atoms with Gasteiger partial charge in [0.05, 0.1) is 25.9 Å². The molecule has 2 amide bonds. The fourth-order valence-electron chi connectivity index (χ4n) is 2.39. The fraction of sp³-hybridized carbons (Fsp3) is 0.300.